The van der Waals surface area contributed by atoms with Crippen LogP contribution in [0.5, 0.6) is 0 Å². The number of fused-ring (bicyclic) bond motifs is 1. The Labute approximate surface area is 126 Å². The SMILES string of the molecule is NNC(Cc1cccc(Cl)c1F)c1cnn2ccccc12. The highest BCUT2D eigenvalue weighted by Gasteiger charge is 2.18. The minimum atomic E-state index is -0.407. The molecule has 0 radical (unpaired) electrons. The first-order chi connectivity index (χ1) is 10.2. The molecule has 0 aliphatic heterocycles. The number of rotatable bonds is 4. The lowest BCUT2D eigenvalue weighted by atomic mass is 10.00. The highest BCUT2D eigenvalue weighted by Crippen LogP contribution is 2.25. The predicted octanol–water partition coefficient (Wildman–Crippen LogP) is 2.87. The molecule has 0 aliphatic carbocycles. The Morgan fingerprint density at radius 2 is 2.14 bits per heavy atom. The van der Waals surface area contributed by atoms with Crippen LogP contribution < -0.4 is 11.3 Å². The smallest absolute Gasteiger partial charge is 0.145 e. The first kappa shape index (κ1) is 14.0. The highest BCUT2D eigenvalue weighted by molar-refractivity contribution is 6.30. The molecule has 0 spiro atoms. The zero-order valence-corrected chi connectivity index (χ0v) is 11.9. The van der Waals surface area contributed by atoms with Crippen LogP contribution in [0.3, 0.4) is 0 Å². The van der Waals surface area contributed by atoms with E-state index >= 15 is 0 Å². The van der Waals surface area contributed by atoms with E-state index in [2.05, 4.69) is 10.5 Å². The van der Waals surface area contributed by atoms with Crippen molar-refractivity contribution in [2.75, 3.05) is 0 Å². The van der Waals surface area contributed by atoms with Crippen LogP contribution in [0.1, 0.15) is 17.2 Å². The molecule has 0 bridgehead atoms. The van der Waals surface area contributed by atoms with Crippen molar-refractivity contribution in [1.82, 2.24) is 15.0 Å². The van der Waals surface area contributed by atoms with Crippen molar-refractivity contribution in [3.8, 4) is 0 Å². The number of nitrogens with two attached hydrogens (primary N) is 1. The Morgan fingerprint density at radius 1 is 1.29 bits per heavy atom. The Kier molecular flexibility index (Phi) is 3.88. The molecule has 0 amide bonds. The number of benzene rings is 1. The molecule has 1 atom stereocenters. The summed E-state index contributed by atoms with van der Waals surface area (Å²) in [6.45, 7) is 0. The zero-order valence-electron chi connectivity index (χ0n) is 11.1. The minimum Gasteiger partial charge on any atom is -0.271 e. The monoisotopic (exact) mass is 304 g/mol. The number of aromatic nitrogens is 2. The molecule has 3 rings (SSSR count). The molecule has 3 N–H and O–H groups in total. The maximum absolute atomic E-state index is 14.0. The van der Waals surface area contributed by atoms with Crippen molar-refractivity contribution in [2.24, 2.45) is 5.84 Å². The molecule has 1 unspecified atom stereocenters. The summed E-state index contributed by atoms with van der Waals surface area (Å²) >= 11 is 5.82. The summed E-state index contributed by atoms with van der Waals surface area (Å²) in [4.78, 5) is 0. The molecule has 1 aromatic carbocycles. The lowest BCUT2D eigenvalue weighted by Crippen LogP contribution is -2.29. The first-order valence-corrected chi connectivity index (χ1v) is 6.90. The maximum atomic E-state index is 14.0. The van der Waals surface area contributed by atoms with Crippen molar-refractivity contribution in [3.05, 3.63) is 70.8 Å². The summed E-state index contributed by atoms with van der Waals surface area (Å²) in [5, 5.41) is 4.38. The number of pyridine rings is 1. The second-order valence-corrected chi connectivity index (χ2v) is 5.17. The number of nitrogens with zero attached hydrogens (tertiary/aromatic N) is 2. The number of nitrogens with one attached hydrogen (secondary N) is 1. The summed E-state index contributed by atoms with van der Waals surface area (Å²) in [6, 6.07) is 10.5. The van der Waals surface area contributed by atoms with Crippen LogP contribution in [0, 0.1) is 5.82 Å². The van der Waals surface area contributed by atoms with Gasteiger partial charge in [-0.05, 0) is 30.2 Å². The van der Waals surface area contributed by atoms with Gasteiger partial charge in [0.2, 0.25) is 0 Å². The van der Waals surface area contributed by atoms with Gasteiger partial charge in [-0.15, -0.1) is 0 Å². The molecule has 4 nitrogen and oxygen atoms in total. The van der Waals surface area contributed by atoms with Crippen molar-refractivity contribution < 1.29 is 4.39 Å². The van der Waals surface area contributed by atoms with E-state index in [0.717, 1.165) is 11.1 Å². The minimum absolute atomic E-state index is 0.114. The quantitative estimate of drug-likeness (QED) is 0.575. The molecule has 2 aromatic heterocycles. The van der Waals surface area contributed by atoms with Crippen LogP contribution in [-0.2, 0) is 6.42 Å². The number of hydrogen-bond donors (Lipinski definition) is 2. The van der Waals surface area contributed by atoms with Crippen molar-refractivity contribution in [3.63, 3.8) is 0 Å². The van der Waals surface area contributed by atoms with Crippen LogP contribution in [0.25, 0.3) is 5.52 Å². The van der Waals surface area contributed by atoms with E-state index in [1.54, 1.807) is 22.8 Å². The van der Waals surface area contributed by atoms with Crippen LogP contribution in [0.4, 0.5) is 4.39 Å². The van der Waals surface area contributed by atoms with Gasteiger partial charge in [-0.3, -0.25) is 11.3 Å². The second-order valence-electron chi connectivity index (χ2n) is 4.77. The molecule has 0 fully saturated rings. The van der Waals surface area contributed by atoms with Gasteiger partial charge in [-0.25, -0.2) is 8.91 Å². The fourth-order valence-corrected chi connectivity index (χ4v) is 2.60. The summed E-state index contributed by atoms with van der Waals surface area (Å²) < 4.78 is 15.8. The van der Waals surface area contributed by atoms with Gasteiger partial charge in [0.25, 0.3) is 0 Å². The van der Waals surface area contributed by atoms with E-state index in [1.807, 2.05) is 24.4 Å². The fourth-order valence-electron chi connectivity index (χ4n) is 2.41. The third-order valence-corrected chi connectivity index (χ3v) is 3.78. The molecule has 0 saturated carbocycles. The summed E-state index contributed by atoms with van der Waals surface area (Å²) in [5.74, 6) is 5.24. The fraction of sp³-hybridized carbons (Fsp3) is 0.133. The normalized spacial score (nSPS) is 12.7. The number of halogens is 2. The van der Waals surface area contributed by atoms with Gasteiger partial charge in [-0.2, -0.15) is 5.10 Å². The highest BCUT2D eigenvalue weighted by atomic mass is 35.5. The van der Waals surface area contributed by atoms with E-state index in [9.17, 15) is 4.39 Å². The molecule has 21 heavy (non-hydrogen) atoms. The average molecular weight is 305 g/mol. The van der Waals surface area contributed by atoms with Crippen molar-refractivity contribution >= 4 is 17.1 Å². The second kappa shape index (κ2) is 5.81. The summed E-state index contributed by atoms with van der Waals surface area (Å²) in [7, 11) is 0. The Morgan fingerprint density at radius 3 is 2.95 bits per heavy atom. The summed E-state index contributed by atoms with van der Waals surface area (Å²) in [6.07, 6.45) is 3.98. The van der Waals surface area contributed by atoms with Crippen LogP contribution >= 0.6 is 11.6 Å². The lowest BCUT2D eigenvalue weighted by molar-refractivity contribution is 0.532. The van der Waals surface area contributed by atoms with Gasteiger partial charge in [0.15, 0.2) is 0 Å². The summed E-state index contributed by atoms with van der Waals surface area (Å²) in [5.41, 5.74) is 5.09. The average Bonchev–Trinajstić information content (AvgIpc) is 2.93. The molecular formula is C15H14ClFN4. The van der Waals surface area contributed by atoms with Gasteiger partial charge in [0.1, 0.15) is 5.82 Å². The largest absolute Gasteiger partial charge is 0.271 e. The third kappa shape index (κ3) is 2.63. The molecular weight excluding hydrogens is 291 g/mol. The Bertz CT molecular complexity index is 771. The van der Waals surface area contributed by atoms with Crippen molar-refractivity contribution in [2.45, 2.75) is 12.5 Å². The van der Waals surface area contributed by atoms with Crippen LogP contribution in [-0.4, -0.2) is 9.61 Å². The van der Waals surface area contributed by atoms with Gasteiger partial charge in [-0.1, -0.05) is 29.8 Å². The van der Waals surface area contributed by atoms with Crippen LogP contribution in [0.15, 0.2) is 48.8 Å². The van der Waals surface area contributed by atoms with E-state index in [-0.39, 0.29) is 11.1 Å². The Balaban J connectivity index is 1.97. The van der Waals surface area contributed by atoms with E-state index in [0.29, 0.717) is 12.0 Å². The first-order valence-electron chi connectivity index (χ1n) is 6.52. The molecule has 0 aliphatic rings. The molecule has 6 heteroatoms. The predicted molar refractivity (Wildman–Crippen MR) is 80.4 cm³/mol. The molecule has 108 valence electrons. The molecule has 3 aromatic rings. The Hall–Kier alpha value is -1.95. The zero-order chi connectivity index (χ0) is 14.8. The van der Waals surface area contributed by atoms with Gasteiger partial charge in [0.05, 0.1) is 22.8 Å². The maximum Gasteiger partial charge on any atom is 0.145 e. The van der Waals surface area contributed by atoms with E-state index < -0.39 is 5.82 Å². The number of hydrazine groups is 1. The third-order valence-electron chi connectivity index (χ3n) is 3.49. The van der Waals surface area contributed by atoms with E-state index in [1.165, 1.54) is 6.07 Å². The molecule has 0 saturated heterocycles. The van der Waals surface area contributed by atoms with Gasteiger partial charge in [0, 0.05) is 11.8 Å². The molecule has 2 heterocycles. The van der Waals surface area contributed by atoms with Crippen LogP contribution in [0.2, 0.25) is 5.02 Å². The standard InChI is InChI=1S/C15H14ClFN4/c16-12-5-3-4-10(15(12)17)8-13(20-18)11-9-19-21-7-2-1-6-14(11)21/h1-7,9,13,20H,8,18H2. The van der Waals surface area contributed by atoms with E-state index in [4.69, 9.17) is 17.4 Å². The number of hydrogen-bond acceptors (Lipinski definition) is 3. The van der Waals surface area contributed by atoms with Gasteiger partial charge < -0.3 is 0 Å². The van der Waals surface area contributed by atoms with Gasteiger partial charge >= 0.3 is 0 Å². The van der Waals surface area contributed by atoms with Crippen molar-refractivity contribution in [1.29, 1.82) is 0 Å². The topological polar surface area (TPSA) is 55.3 Å². The lowest BCUT2D eigenvalue weighted by Gasteiger charge is -2.16.